The first-order valence-corrected chi connectivity index (χ1v) is 9.24. The van der Waals surface area contributed by atoms with Gasteiger partial charge < -0.3 is 18.6 Å². The Bertz CT molecular complexity index is 1130. The Kier molecular flexibility index (Phi) is 5.18. The van der Waals surface area contributed by atoms with E-state index in [9.17, 15) is 9.59 Å². The Morgan fingerprint density at radius 3 is 2.66 bits per heavy atom. The molecule has 2 heterocycles. The van der Waals surface area contributed by atoms with Crippen LogP contribution in [0, 0.1) is 6.92 Å². The van der Waals surface area contributed by atoms with Gasteiger partial charge in [0, 0.05) is 17.0 Å². The minimum absolute atomic E-state index is 0.221. The first-order valence-electron chi connectivity index (χ1n) is 9.24. The molecular formula is C23H20O6. The number of carbonyl (C=O) groups excluding carboxylic acids is 1. The Labute approximate surface area is 167 Å². The van der Waals surface area contributed by atoms with E-state index < -0.39 is 17.7 Å². The van der Waals surface area contributed by atoms with Crippen molar-refractivity contribution in [1.29, 1.82) is 0 Å². The van der Waals surface area contributed by atoms with Gasteiger partial charge in [0.05, 0.1) is 7.11 Å². The molecule has 0 bridgehead atoms. The number of hydrogen-bond donors (Lipinski definition) is 0. The van der Waals surface area contributed by atoms with Gasteiger partial charge in [-0.3, -0.25) is 0 Å². The van der Waals surface area contributed by atoms with Crippen LogP contribution in [0.2, 0.25) is 0 Å². The molecule has 6 heteroatoms. The van der Waals surface area contributed by atoms with Gasteiger partial charge in [0.2, 0.25) is 0 Å². The van der Waals surface area contributed by atoms with Gasteiger partial charge in [-0.1, -0.05) is 36.4 Å². The molecule has 2 atom stereocenters. The van der Waals surface area contributed by atoms with Gasteiger partial charge in [0.15, 0.2) is 6.10 Å². The van der Waals surface area contributed by atoms with E-state index >= 15 is 0 Å². The van der Waals surface area contributed by atoms with Crippen LogP contribution in [0.15, 0.2) is 69.9 Å². The van der Waals surface area contributed by atoms with Crippen molar-refractivity contribution < 1.29 is 23.4 Å². The minimum Gasteiger partial charge on any atom is -0.490 e. The molecule has 4 rings (SSSR count). The third-order valence-electron chi connectivity index (χ3n) is 4.85. The van der Waals surface area contributed by atoms with E-state index in [2.05, 4.69) is 4.74 Å². The Hall–Kier alpha value is -3.38. The summed E-state index contributed by atoms with van der Waals surface area (Å²) < 4.78 is 21.6. The van der Waals surface area contributed by atoms with E-state index in [-0.39, 0.29) is 12.7 Å². The van der Waals surface area contributed by atoms with Crippen molar-refractivity contribution >= 4 is 16.9 Å². The molecule has 148 valence electrons. The first kappa shape index (κ1) is 19.0. The van der Waals surface area contributed by atoms with Crippen LogP contribution < -0.4 is 10.4 Å². The van der Waals surface area contributed by atoms with E-state index in [0.29, 0.717) is 11.3 Å². The largest absolute Gasteiger partial charge is 0.490 e. The van der Waals surface area contributed by atoms with E-state index in [1.54, 1.807) is 12.2 Å². The molecule has 1 aliphatic heterocycles. The number of carbonyl (C=O) groups is 1. The molecular weight excluding hydrogens is 372 g/mol. The highest BCUT2D eigenvalue weighted by Crippen LogP contribution is 2.33. The smallest absolute Gasteiger partial charge is 0.339 e. The van der Waals surface area contributed by atoms with Crippen LogP contribution in [0.4, 0.5) is 0 Å². The van der Waals surface area contributed by atoms with Crippen LogP contribution >= 0.6 is 0 Å². The summed E-state index contributed by atoms with van der Waals surface area (Å²) in [6.07, 6.45) is 2.35. The fourth-order valence-corrected chi connectivity index (χ4v) is 3.38. The molecule has 2 unspecified atom stereocenters. The summed E-state index contributed by atoms with van der Waals surface area (Å²) in [5.74, 6) is 0.144. The molecule has 2 aromatic carbocycles. The third-order valence-corrected chi connectivity index (χ3v) is 4.85. The predicted octanol–water partition coefficient (Wildman–Crippen LogP) is 3.64. The Balaban J connectivity index is 1.60. The van der Waals surface area contributed by atoms with Gasteiger partial charge in [-0.25, -0.2) is 9.59 Å². The minimum atomic E-state index is -0.710. The van der Waals surface area contributed by atoms with Gasteiger partial charge in [-0.2, -0.15) is 0 Å². The van der Waals surface area contributed by atoms with Crippen molar-refractivity contribution in [2.24, 2.45) is 0 Å². The van der Waals surface area contributed by atoms with E-state index in [1.165, 1.54) is 13.2 Å². The zero-order chi connectivity index (χ0) is 20.4. The zero-order valence-electron chi connectivity index (χ0n) is 16.1. The highest BCUT2D eigenvalue weighted by atomic mass is 16.6. The van der Waals surface area contributed by atoms with Gasteiger partial charge in [0.25, 0.3) is 0 Å². The molecule has 0 radical (unpaired) electrons. The maximum atomic E-state index is 12.2. The topological polar surface area (TPSA) is 75.0 Å². The average Bonchev–Trinajstić information content (AvgIpc) is 3.22. The normalized spacial score (nSPS) is 18.1. The second kappa shape index (κ2) is 7.93. The molecule has 0 N–H and O–H groups in total. The van der Waals surface area contributed by atoms with Crippen molar-refractivity contribution in [1.82, 2.24) is 0 Å². The third kappa shape index (κ3) is 3.79. The molecule has 1 aromatic heterocycles. The van der Waals surface area contributed by atoms with Gasteiger partial charge in [-0.05, 0) is 36.3 Å². The van der Waals surface area contributed by atoms with E-state index in [0.717, 1.165) is 22.1 Å². The number of esters is 1. The average molecular weight is 392 g/mol. The number of fused-ring (bicyclic) bond motifs is 1. The lowest BCUT2D eigenvalue weighted by Crippen LogP contribution is -2.26. The highest BCUT2D eigenvalue weighted by Gasteiger charge is 2.26. The van der Waals surface area contributed by atoms with Gasteiger partial charge in [0.1, 0.15) is 24.0 Å². The van der Waals surface area contributed by atoms with Crippen molar-refractivity contribution in [2.75, 3.05) is 13.7 Å². The summed E-state index contributed by atoms with van der Waals surface area (Å²) in [5, 5.41) is 0.836. The highest BCUT2D eigenvalue weighted by molar-refractivity contribution is 5.95. The number of aryl methyl sites for hydroxylation is 1. The molecule has 0 saturated carbocycles. The van der Waals surface area contributed by atoms with Crippen molar-refractivity contribution in [3.8, 4) is 16.9 Å². The second-order valence-corrected chi connectivity index (χ2v) is 6.72. The fourth-order valence-electron chi connectivity index (χ4n) is 3.38. The number of rotatable bonds is 5. The van der Waals surface area contributed by atoms with Crippen LogP contribution in [0.1, 0.15) is 5.56 Å². The standard InChI is InChI=1S/C23H20O6/c1-14-19(27-13-16-8-10-20(28-16)23(25)26-2)11-9-17-18(12-21(24)29-22(14)17)15-6-4-3-5-7-15/h3-12,16,20H,13H2,1-2H3. The molecule has 0 aliphatic carbocycles. The van der Waals surface area contributed by atoms with E-state index in [1.807, 2.05) is 49.4 Å². The molecule has 6 nitrogen and oxygen atoms in total. The maximum Gasteiger partial charge on any atom is 0.339 e. The lowest BCUT2D eigenvalue weighted by molar-refractivity contribution is -0.151. The molecule has 0 saturated heterocycles. The van der Waals surface area contributed by atoms with Crippen molar-refractivity contribution in [3.05, 3.63) is 76.7 Å². The lowest BCUT2D eigenvalue weighted by Gasteiger charge is -2.16. The summed E-state index contributed by atoms with van der Waals surface area (Å²) >= 11 is 0. The predicted molar refractivity (Wildman–Crippen MR) is 108 cm³/mol. The number of hydrogen-bond acceptors (Lipinski definition) is 6. The molecule has 3 aromatic rings. The molecule has 0 fully saturated rings. The zero-order valence-corrected chi connectivity index (χ0v) is 16.1. The number of benzene rings is 2. The van der Waals surface area contributed by atoms with Crippen molar-refractivity contribution in [2.45, 2.75) is 19.1 Å². The van der Waals surface area contributed by atoms with Crippen LogP contribution in [0.5, 0.6) is 5.75 Å². The number of methoxy groups -OCH3 is 1. The summed E-state index contributed by atoms with van der Waals surface area (Å²) in [7, 11) is 1.32. The summed E-state index contributed by atoms with van der Waals surface area (Å²) in [6.45, 7) is 2.07. The van der Waals surface area contributed by atoms with Crippen molar-refractivity contribution in [3.63, 3.8) is 0 Å². The Morgan fingerprint density at radius 2 is 1.90 bits per heavy atom. The maximum absolute atomic E-state index is 12.2. The van der Waals surface area contributed by atoms with Crippen LogP contribution in [-0.2, 0) is 14.3 Å². The first-order chi connectivity index (χ1) is 14.1. The lowest BCUT2D eigenvalue weighted by atomic mass is 10.0. The van der Waals surface area contributed by atoms with Crippen LogP contribution in [0.25, 0.3) is 22.1 Å². The fraction of sp³-hybridized carbons (Fsp3) is 0.217. The summed E-state index contributed by atoms with van der Waals surface area (Å²) in [5.41, 5.74) is 2.55. The molecule has 29 heavy (non-hydrogen) atoms. The molecule has 0 spiro atoms. The number of ether oxygens (including phenoxy) is 3. The second-order valence-electron chi connectivity index (χ2n) is 6.72. The SMILES string of the molecule is COC(=O)C1C=CC(COc2ccc3c(-c4ccccc4)cc(=O)oc3c2C)O1. The Morgan fingerprint density at radius 1 is 1.10 bits per heavy atom. The molecule has 0 amide bonds. The summed E-state index contributed by atoms with van der Waals surface area (Å²) in [6, 6.07) is 14.9. The molecule has 1 aliphatic rings. The van der Waals surface area contributed by atoms with Crippen LogP contribution in [0.3, 0.4) is 0 Å². The van der Waals surface area contributed by atoms with Crippen LogP contribution in [-0.4, -0.2) is 31.9 Å². The van der Waals surface area contributed by atoms with Gasteiger partial charge >= 0.3 is 11.6 Å². The monoisotopic (exact) mass is 392 g/mol. The summed E-state index contributed by atoms with van der Waals surface area (Å²) in [4.78, 5) is 23.7. The van der Waals surface area contributed by atoms with E-state index in [4.69, 9.17) is 13.9 Å². The quantitative estimate of drug-likeness (QED) is 0.375. The van der Waals surface area contributed by atoms with Gasteiger partial charge in [-0.15, -0.1) is 0 Å².